The molecule has 1 amide bonds. The fourth-order valence-corrected chi connectivity index (χ4v) is 5.61. The molecule has 0 radical (unpaired) electrons. The monoisotopic (exact) mass is 486 g/mol. The summed E-state index contributed by atoms with van der Waals surface area (Å²) in [5, 5.41) is 15.1. The fourth-order valence-electron chi connectivity index (χ4n) is 5.18. The first-order valence-corrected chi connectivity index (χ1v) is 12.9. The van der Waals surface area contributed by atoms with Crippen LogP contribution < -0.4 is 20.1 Å². The highest BCUT2D eigenvalue weighted by molar-refractivity contribution is 7.98. The molecule has 2 aliphatic rings. The van der Waals surface area contributed by atoms with Gasteiger partial charge in [0.1, 0.15) is 11.5 Å². The summed E-state index contributed by atoms with van der Waals surface area (Å²) in [5.74, 6) is 2.48. The molecule has 1 saturated carbocycles. The molecule has 8 heteroatoms. The molecule has 7 nitrogen and oxygen atoms in total. The quantitative estimate of drug-likeness (QED) is 0.286. The number of anilines is 3. The van der Waals surface area contributed by atoms with Gasteiger partial charge in [0.05, 0.1) is 30.3 Å². The Bertz CT molecular complexity index is 1470. The summed E-state index contributed by atoms with van der Waals surface area (Å²) in [6.45, 7) is 2.56. The number of aromatic amines is 1. The number of nitrogens with zero attached hydrogens (tertiary/aromatic N) is 1. The number of thioether (sulfide) groups is 1. The van der Waals surface area contributed by atoms with E-state index < -0.39 is 5.41 Å². The molecular formula is C27H26N4O3S. The molecule has 1 fully saturated rings. The Kier molecular flexibility index (Phi) is 5.14. The van der Waals surface area contributed by atoms with Crippen LogP contribution in [0.25, 0.3) is 10.9 Å². The smallest absolute Gasteiger partial charge is 0.235 e. The van der Waals surface area contributed by atoms with Crippen molar-refractivity contribution in [3.05, 3.63) is 65.7 Å². The highest BCUT2D eigenvalue weighted by atomic mass is 32.2. The Hall–Kier alpha value is -3.65. The molecule has 0 saturated heterocycles. The van der Waals surface area contributed by atoms with Crippen LogP contribution in [0.4, 0.5) is 17.2 Å². The number of ether oxygens (including phenoxy) is 2. The molecule has 2 heterocycles. The van der Waals surface area contributed by atoms with Crippen LogP contribution in [0.1, 0.15) is 30.4 Å². The van der Waals surface area contributed by atoms with Crippen LogP contribution in [-0.2, 0) is 10.2 Å². The number of H-pyrrole nitrogens is 1. The van der Waals surface area contributed by atoms with Gasteiger partial charge >= 0.3 is 0 Å². The summed E-state index contributed by atoms with van der Waals surface area (Å²) < 4.78 is 11.3. The molecule has 1 spiro atoms. The number of hydrogen-bond acceptors (Lipinski definition) is 6. The van der Waals surface area contributed by atoms with Crippen molar-refractivity contribution in [3.8, 4) is 11.5 Å². The number of rotatable bonds is 7. The lowest BCUT2D eigenvalue weighted by Gasteiger charge is -2.12. The van der Waals surface area contributed by atoms with Crippen molar-refractivity contribution in [2.24, 2.45) is 0 Å². The van der Waals surface area contributed by atoms with Gasteiger partial charge in [-0.25, -0.2) is 0 Å². The Balaban J connectivity index is 1.30. The van der Waals surface area contributed by atoms with Crippen molar-refractivity contribution < 1.29 is 14.3 Å². The molecule has 3 aromatic carbocycles. The SMILES string of the molecule is CCOc1cc(SC)ccc1Nc1n[nH]c2cc(C3CC34C(=O)Nc3ccc(OC)cc34)ccc12. The van der Waals surface area contributed by atoms with Crippen molar-refractivity contribution in [3.63, 3.8) is 0 Å². The largest absolute Gasteiger partial charge is 0.497 e. The number of fused-ring (bicyclic) bond motifs is 3. The Morgan fingerprint density at radius 1 is 1.17 bits per heavy atom. The van der Waals surface area contributed by atoms with Gasteiger partial charge in [-0.05, 0) is 79.3 Å². The van der Waals surface area contributed by atoms with Gasteiger partial charge in [-0.3, -0.25) is 9.89 Å². The van der Waals surface area contributed by atoms with E-state index in [9.17, 15) is 4.79 Å². The average Bonchev–Trinajstić information content (AvgIpc) is 3.43. The van der Waals surface area contributed by atoms with Crippen molar-refractivity contribution in [2.45, 2.75) is 29.6 Å². The molecule has 2 unspecified atom stereocenters. The zero-order valence-corrected chi connectivity index (χ0v) is 20.6. The van der Waals surface area contributed by atoms with E-state index >= 15 is 0 Å². The van der Waals surface area contributed by atoms with E-state index in [2.05, 4.69) is 45.1 Å². The molecule has 6 rings (SSSR count). The maximum Gasteiger partial charge on any atom is 0.235 e. The first-order valence-electron chi connectivity index (χ1n) is 11.6. The predicted molar refractivity (Wildman–Crippen MR) is 139 cm³/mol. The molecule has 0 bridgehead atoms. The highest BCUT2D eigenvalue weighted by Gasteiger charge is 2.65. The normalized spacial score (nSPS) is 20.1. The van der Waals surface area contributed by atoms with Gasteiger partial charge in [-0.15, -0.1) is 11.8 Å². The van der Waals surface area contributed by atoms with E-state index in [0.29, 0.717) is 6.61 Å². The van der Waals surface area contributed by atoms with Crippen LogP contribution in [-0.4, -0.2) is 36.1 Å². The lowest BCUT2D eigenvalue weighted by molar-refractivity contribution is -0.118. The third-order valence-electron chi connectivity index (χ3n) is 7.05. The molecule has 3 N–H and O–H groups in total. The lowest BCUT2D eigenvalue weighted by Crippen LogP contribution is -2.21. The summed E-state index contributed by atoms with van der Waals surface area (Å²) in [6, 6.07) is 18.2. The second kappa shape index (κ2) is 8.23. The molecule has 178 valence electrons. The Morgan fingerprint density at radius 3 is 2.86 bits per heavy atom. The van der Waals surface area contributed by atoms with Crippen LogP contribution in [0.5, 0.6) is 11.5 Å². The number of benzene rings is 3. The fraction of sp³-hybridized carbons (Fsp3) is 0.259. The number of carbonyl (C=O) groups excluding carboxylic acids is 1. The van der Waals surface area contributed by atoms with Crippen LogP contribution in [0.3, 0.4) is 0 Å². The lowest BCUT2D eigenvalue weighted by atomic mass is 9.91. The zero-order valence-electron chi connectivity index (χ0n) is 19.8. The summed E-state index contributed by atoms with van der Waals surface area (Å²) in [4.78, 5) is 14.1. The number of nitrogens with one attached hydrogen (secondary N) is 3. The van der Waals surface area contributed by atoms with E-state index in [0.717, 1.165) is 62.0 Å². The predicted octanol–water partition coefficient (Wildman–Crippen LogP) is 5.81. The maximum absolute atomic E-state index is 13.0. The minimum atomic E-state index is -0.524. The summed E-state index contributed by atoms with van der Waals surface area (Å²) in [7, 11) is 1.65. The number of hydrogen-bond donors (Lipinski definition) is 3. The van der Waals surface area contributed by atoms with Gasteiger partial charge in [0, 0.05) is 21.9 Å². The van der Waals surface area contributed by atoms with Crippen LogP contribution in [0.15, 0.2) is 59.5 Å². The van der Waals surface area contributed by atoms with Gasteiger partial charge in [0.2, 0.25) is 5.91 Å². The Labute approximate surface area is 207 Å². The van der Waals surface area contributed by atoms with Crippen LogP contribution in [0.2, 0.25) is 0 Å². The first kappa shape index (κ1) is 21.9. The molecule has 1 aliphatic heterocycles. The number of aromatic nitrogens is 2. The second-order valence-electron chi connectivity index (χ2n) is 8.89. The van der Waals surface area contributed by atoms with E-state index in [-0.39, 0.29) is 11.8 Å². The van der Waals surface area contributed by atoms with Crippen molar-refractivity contribution in [1.29, 1.82) is 0 Å². The maximum atomic E-state index is 13.0. The number of methoxy groups -OCH3 is 1. The van der Waals surface area contributed by atoms with E-state index in [1.165, 1.54) is 0 Å². The number of carbonyl (C=O) groups is 1. The molecule has 35 heavy (non-hydrogen) atoms. The molecule has 2 atom stereocenters. The first-order chi connectivity index (χ1) is 17.1. The molecular weight excluding hydrogens is 460 g/mol. The van der Waals surface area contributed by atoms with Gasteiger partial charge in [-0.1, -0.05) is 6.07 Å². The van der Waals surface area contributed by atoms with E-state index in [1.54, 1.807) is 18.9 Å². The summed E-state index contributed by atoms with van der Waals surface area (Å²) in [5.41, 5.74) is 4.30. The summed E-state index contributed by atoms with van der Waals surface area (Å²) in [6.07, 6.45) is 2.83. The van der Waals surface area contributed by atoms with E-state index in [4.69, 9.17) is 9.47 Å². The third kappa shape index (κ3) is 3.43. The third-order valence-corrected chi connectivity index (χ3v) is 7.78. The van der Waals surface area contributed by atoms with Gasteiger partial charge < -0.3 is 20.1 Å². The highest BCUT2D eigenvalue weighted by Crippen LogP contribution is 2.65. The minimum Gasteiger partial charge on any atom is -0.497 e. The standard InChI is InChI=1S/C27H26N4O3S/c1-4-34-24-13-17(35-3)7-10-22(24)28-25-18-8-5-15(11-23(18)30-31-25)20-14-27(20)19-12-16(33-2)6-9-21(19)29-26(27)32/h5-13,20H,4,14H2,1-3H3,(H,29,32)(H2,28,30,31). The number of amides is 1. The van der Waals surface area contributed by atoms with Crippen LogP contribution in [0, 0.1) is 0 Å². The van der Waals surface area contributed by atoms with Crippen molar-refractivity contribution >= 4 is 45.8 Å². The molecule has 1 aliphatic carbocycles. The summed E-state index contributed by atoms with van der Waals surface area (Å²) >= 11 is 1.68. The van der Waals surface area contributed by atoms with Crippen molar-refractivity contribution in [1.82, 2.24) is 10.2 Å². The Morgan fingerprint density at radius 2 is 2.06 bits per heavy atom. The average molecular weight is 487 g/mol. The van der Waals surface area contributed by atoms with Gasteiger partial charge in [0.25, 0.3) is 0 Å². The second-order valence-corrected chi connectivity index (χ2v) is 9.77. The topological polar surface area (TPSA) is 88.3 Å². The van der Waals surface area contributed by atoms with E-state index in [1.807, 2.05) is 43.5 Å². The molecule has 1 aromatic heterocycles. The molecule has 4 aromatic rings. The van der Waals surface area contributed by atoms with Gasteiger partial charge in [-0.2, -0.15) is 5.10 Å². The van der Waals surface area contributed by atoms with Crippen molar-refractivity contribution in [2.75, 3.05) is 30.6 Å². The minimum absolute atomic E-state index is 0.0648. The zero-order chi connectivity index (χ0) is 24.2. The van der Waals surface area contributed by atoms with Crippen LogP contribution >= 0.6 is 11.8 Å². The van der Waals surface area contributed by atoms with Gasteiger partial charge in [0.15, 0.2) is 5.82 Å².